The van der Waals surface area contributed by atoms with Crippen molar-refractivity contribution in [2.75, 3.05) is 0 Å². The van der Waals surface area contributed by atoms with E-state index in [4.69, 9.17) is 81.2 Å². The van der Waals surface area contributed by atoms with E-state index in [0.717, 1.165) is 16.7 Å². The zero-order chi connectivity index (χ0) is 14.1. The lowest BCUT2D eigenvalue weighted by atomic mass is 9.74. The zero-order valence-electron chi connectivity index (χ0n) is 8.88. The van der Waals surface area contributed by atoms with Crippen LogP contribution in [0.2, 0.25) is 15.1 Å². The van der Waals surface area contributed by atoms with Crippen LogP contribution in [0, 0.1) is 0 Å². The minimum Gasteiger partial charge on any atom is -0.0840 e. The fraction of sp³-hybridized carbons (Fsp3) is 0.167. The molecule has 1 atom stereocenters. The molecule has 1 aromatic rings. The number of rotatable bonds is 0. The van der Waals surface area contributed by atoms with Gasteiger partial charge >= 0.3 is 0 Å². The summed E-state index contributed by atoms with van der Waals surface area (Å²) in [6.07, 6.45) is 3.74. The van der Waals surface area contributed by atoms with E-state index in [2.05, 4.69) is 0 Å². The SMILES string of the molecule is ClC1=C2c3c(Cl)c(C(Cl)(Cl)Cl)c(Cl)c(Cl)c3C2C=C1. The molecule has 2 aliphatic carbocycles. The molecule has 0 bridgehead atoms. The molecule has 0 aromatic heterocycles. The maximum atomic E-state index is 6.33. The fourth-order valence-electron chi connectivity index (χ4n) is 2.43. The average Bonchev–Trinajstić information content (AvgIpc) is 2.52. The summed E-state index contributed by atoms with van der Waals surface area (Å²) >= 11 is 42.6. The first kappa shape index (κ1) is 14.7. The van der Waals surface area contributed by atoms with Gasteiger partial charge < -0.3 is 0 Å². The van der Waals surface area contributed by atoms with Crippen LogP contribution in [-0.2, 0) is 3.79 Å². The largest absolute Gasteiger partial charge is 0.218 e. The monoisotopic (exact) mass is 392 g/mol. The lowest BCUT2D eigenvalue weighted by Gasteiger charge is -2.34. The minimum atomic E-state index is -1.75. The van der Waals surface area contributed by atoms with Gasteiger partial charge in [-0.25, -0.2) is 0 Å². The van der Waals surface area contributed by atoms with Gasteiger partial charge in [0.05, 0.1) is 15.1 Å². The summed E-state index contributed by atoms with van der Waals surface area (Å²) in [4.78, 5) is 0. The number of halogens is 7. The second kappa shape index (κ2) is 4.61. The van der Waals surface area contributed by atoms with Crippen molar-refractivity contribution in [3.8, 4) is 0 Å². The number of benzene rings is 1. The van der Waals surface area contributed by atoms with Crippen LogP contribution in [0.4, 0.5) is 0 Å². The first-order valence-electron chi connectivity index (χ1n) is 5.11. The quantitative estimate of drug-likeness (QED) is 0.325. The van der Waals surface area contributed by atoms with E-state index < -0.39 is 3.79 Å². The van der Waals surface area contributed by atoms with Crippen molar-refractivity contribution < 1.29 is 0 Å². The summed E-state index contributed by atoms with van der Waals surface area (Å²) in [5.74, 6) is 0.0226. The third-order valence-corrected chi connectivity index (χ3v) is 5.37. The van der Waals surface area contributed by atoms with Gasteiger partial charge in [-0.15, -0.1) is 0 Å². The molecule has 1 aromatic carbocycles. The summed E-state index contributed by atoms with van der Waals surface area (Å²) in [6.45, 7) is 0. The van der Waals surface area contributed by atoms with E-state index in [1.807, 2.05) is 6.08 Å². The maximum absolute atomic E-state index is 6.33. The Labute approximate surface area is 144 Å². The summed E-state index contributed by atoms with van der Waals surface area (Å²) < 4.78 is -1.75. The zero-order valence-corrected chi connectivity index (χ0v) is 14.2. The molecule has 1 unspecified atom stereocenters. The Kier molecular flexibility index (Phi) is 3.56. The van der Waals surface area contributed by atoms with Gasteiger partial charge in [0.25, 0.3) is 0 Å². The van der Waals surface area contributed by atoms with Crippen LogP contribution in [0.25, 0.3) is 5.57 Å². The van der Waals surface area contributed by atoms with Crippen molar-refractivity contribution in [3.63, 3.8) is 0 Å². The molecular weight excluding hydrogens is 392 g/mol. The molecule has 0 saturated heterocycles. The first-order chi connectivity index (χ1) is 8.75. The van der Waals surface area contributed by atoms with Gasteiger partial charge in [0.2, 0.25) is 3.79 Å². The molecule has 0 radical (unpaired) electrons. The smallest absolute Gasteiger partial charge is 0.0840 e. The predicted octanol–water partition coefficient (Wildman–Crippen LogP) is 7.09. The highest BCUT2D eigenvalue weighted by Gasteiger charge is 2.44. The van der Waals surface area contributed by atoms with Crippen LogP contribution in [0.15, 0.2) is 17.2 Å². The lowest BCUT2D eigenvalue weighted by molar-refractivity contribution is 1.02. The van der Waals surface area contributed by atoms with E-state index in [-0.39, 0.29) is 21.5 Å². The Bertz CT molecular complexity index is 664. The van der Waals surface area contributed by atoms with E-state index in [1.165, 1.54) is 0 Å². The van der Waals surface area contributed by atoms with Crippen molar-refractivity contribution in [2.24, 2.45) is 0 Å². The number of allylic oxidation sites excluding steroid dienone is 4. The summed E-state index contributed by atoms with van der Waals surface area (Å²) in [5.41, 5.74) is 2.64. The standard InChI is InChI=1S/C12H3Cl7/c13-4-2-1-3-5(4)7-6(3)10(15)11(16)8(9(7)14)12(17,18)19/h1-3H. The second-order valence-electron chi connectivity index (χ2n) is 4.20. The predicted molar refractivity (Wildman–Crippen MR) is 85.4 cm³/mol. The molecule has 2 aliphatic rings. The van der Waals surface area contributed by atoms with E-state index in [1.54, 1.807) is 6.08 Å². The van der Waals surface area contributed by atoms with Gasteiger partial charge in [0.1, 0.15) is 0 Å². The van der Waals surface area contributed by atoms with Crippen LogP contribution >= 0.6 is 81.2 Å². The van der Waals surface area contributed by atoms with Crippen molar-refractivity contribution in [2.45, 2.75) is 9.71 Å². The van der Waals surface area contributed by atoms with Crippen LogP contribution < -0.4 is 0 Å². The Balaban J connectivity index is 2.37. The molecule has 19 heavy (non-hydrogen) atoms. The maximum Gasteiger partial charge on any atom is 0.218 e. The van der Waals surface area contributed by atoms with Gasteiger partial charge in [0, 0.05) is 22.1 Å². The van der Waals surface area contributed by atoms with Crippen LogP contribution in [-0.4, -0.2) is 0 Å². The first-order valence-corrected chi connectivity index (χ1v) is 7.75. The van der Waals surface area contributed by atoms with Crippen LogP contribution in [0.3, 0.4) is 0 Å². The molecule has 0 aliphatic heterocycles. The van der Waals surface area contributed by atoms with Gasteiger partial charge in [-0.2, -0.15) is 0 Å². The molecule has 3 rings (SSSR count). The molecule has 7 heteroatoms. The summed E-state index contributed by atoms with van der Waals surface area (Å²) in [7, 11) is 0. The van der Waals surface area contributed by atoms with Gasteiger partial charge in [0.15, 0.2) is 0 Å². The average molecular weight is 395 g/mol. The highest BCUT2D eigenvalue weighted by Crippen LogP contribution is 2.62. The molecule has 0 amide bonds. The second-order valence-corrected chi connectivity index (χ2v) is 8.02. The minimum absolute atomic E-state index is 0.0226. The molecular formula is C12H3Cl7. The lowest BCUT2D eigenvalue weighted by Crippen LogP contribution is -2.18. The van der Waals surface area contributed by atoms with Crippen molar-refractivity contribution >= 4 is 86.8 Å². The molecule has 0 spiro atoms. The van der Waals surface area contributed by atoms with Crippen LogP contribution in [0.5, 0.6) is 0 Å². The van der Waals surface area contributed by atoms with E-state index in [0.29, 0.717) is 10.1 Å². The Morgan fingerprint density at radius 1 is 0.895 bits per heavy atom. The Morgan fingerprint density at radius 2 is 1.53 bits per heavy atom. The molecule has 0 fully saturated rings. The van der Waals surface area contributed by atoms with Gasteiger partial charge in [-0.05, 0) is 17.2 Å². The van der Waals surface area contributed by atoms with Gasteiger partial charge in [-0.1, -0.05) is 87.3 Å². The van der Waals surface area contributed by atoms with Crippen LogP contribution in [0.1, 0.15) is 22.6 Å². The highest BCUT2D eigenvalue weighted by atomic mass is 35.6. The third kappa shape index (κ3) is 1.96. The summed E-state index contributed by atoms with van der Waals surface area (Å²) in [5, 5.41) is 1.43. The van der Waals surface area contributed by atoms with Gasteiger partial charge in [-0.3, -0.25) is 0 Å². The number of hydrogen-bond acceptors (Lipinski definition) is 0. The molecule has 0 N–H and O–H groups in total. The molecule has 0 saturated carbocycles. The van der Waals surface area contributed by atoms with Crippen molar-refractivity contribution in [3.05, 3.63) is 48.9 Å². The normalized spacial score (nSPS) is 20.5. The fourth-order valence-corrected chi connectivity index (χ4v) is 4.71. The highest BCUT2D eigenvalue weighted by molar-refractivity contribution is 6.68. The number of alkyl halides is 3. The van der Waals surface area contributed by atoms with Crippen molar-refractivity contribution in [1.82, 2.24) is 0 Å². The topological polar surface area (TPSA) is 0 Å². The third-order valence-electron chi connectivity index (χ3n) is 3.22. The van der Waals surface area contributed by atoms with E-state index >= 15 is 0 Å². The number of hydrogen-bond donors (Lipinski definition) is 0. The molecule has 0 heterocycles. The van der Waals surface area contributed by atoms with E-state index in [9.17, 15) is 0 Å². The molecule has 100 valence electrons. The van der Waals surface area contributed by atoms with Crippen molar-refractivity contribution in [1.29, 1.82) is 0 Å². The Morgan fingerprint density at radius 3 is 2.11 bits per heavy atom. The Hall–Kier alpha value is 0.730. The summed E-state index contributed by atoms with van der Waals surface area (Å²) in [6, 6.07) is 0. The molecule has 0 nitrogen and oxygen atoms in total. The number of fused-ring (bicyclic) bond motifs is 4.